The first kappa shape index (κ1) is 14.8. The minimum Gasteiger partial charge on any atom is -0.364 e. The normalized spacial score (nSPS) is 36.8. The molecule has 0 bridgehead atoms. The van der Waals surface area contributed by atoms with E-state index in [1.165, 1.54) is 0 Å². The lowest BCUT2D eigenvalue weighted by Crippen LogP contribution is -2.53. The highest BCUT2D eigenvalue weighted by atomic mass is 16.5. The third-order valence-corrected chi connectivity index (χ3v) is 5.40. The van der Waals surface area contributed by atoms with Gasteiger partial charge in [0, 0.05) is 25.6 Å². The summed E-state index contributed by atoms with van der Waals surface area (Å²) < 4.78 is 5.65. The van der Waals surface area contributed by atoms with E-state index < -0.39 is 0 Å². The van der Waals surface area contributed by atoms with Crippen molar-refractivity contribution in [1.82, 2.24) is 9.80 Å². The van der Waals surface area contributed by atoms with Gasteiger partial charge in [-0.15, -0.1) is 0 Å². The van der Waals surface area contributed by atoms with Crippen LogP contribution in [0.25, 0.3) is 0 Å². The Hall–Kier alpha value is -1.10. The second-order valence-corrected chi connectivity index (χ2v) is 6.80. The molecule has 2 amide bonds. The van der Waals surface area contributed by atoms with Crippen LogP contribution in [0.4, 0.5) is 0 Å². The molecule has 0 aromatic carbocycles. The summed E-state index contributed by atoms with van der Waals surface area (Å²) in [6.45, 7) is 6.43. The smallest absolute Gasteiger partial charge is 0.248 e. The van der Waals surface area contributed by atoms with E-state index in [4.69, 9.17) is 4.74 Å². The lowest BCUT2D eigenvalue weighted by atomic mass is 9.82. The minimum atomic E-state index is 0.00844. The van der Waals surface area contributed by atoms with E-state index in [0.717, 1.165) is 31.6 Å². The lowest BCUT2D eigenvalue weighted by Gasteiger charge is -2.35. The molecule has 0 aromatic rings. The highest BCUT2D eigenvalue weighted by molar-refractivity contribution is 5.81. The number of ether oxygens (including phenoxy) is 1. The van der Waals surface area contributed by atoms with Crippen LogP contribution in [0.2, 0.25) is 0 Å². The molecule has 1 aliphatic carbocycles. The summed E-state index contributed by atoms with van der Waals surface area (Å²) >= 11 is 0. The molecule has 0 N–H and O–H groups in total. The monoisotopic (exact) mass is 294 g/mol. The average Bonchev–Trinajstić information content (AvgIpc) is 2.91. The van der Waals surface area contributed by atoms with Crippen LogP contribution in [0, 0.1) is 11.8 Å². The van der Waals surface area contributed by atoms with Crippen molar-refractivity contribution in [3.05, 3.63) is 0 Å². The van der Waals surface area contributed by atoms with Crippen LogP contribution in [-0.4, -0.2) is 60.0 Å². The molecule has 0 aromatic heterocycles. The lowest BCUT2D eigenvalue weighted by molar-refractivity contribution is -0.152. The predicted molar refractivity (Wildman–Crippen MR) is 78.6 cm³/mol. The van der Waals surface area contributed by atoms with Gasteiger partial charge in [0.2, 0.25) is 11.8 Å². The highest BCUT2D eigenvalue weighted by Crippen LogP contribution is 2.32. The van der Waals surface area contributed by atoms with Gasteiger partial charge in [-0.05, 0) is 38.5 Å². The maximum Gasteiger partial charge on any atom is 0.248 e. The number of hydrogen-bond acceptors (Lipinski definition) is 3. The molecule has 5 heteroatoms. The van der Waals surface area contributed by atoms with Gasteiger partial charge in [0.15, 0.2) is 0 Å². The van der Waals surface area contributed by atoms with Crippen molar-refractivity contribution in [1.29, 1.82) is 0 Å². The van der Waals surface area contributed by atoms with Crippen molar-refractivity contribution in [2.75, 3.05) is 26.2 Å². The second-order valence-electron chi connectivity index (χ2n) is 6.80. The van der Waals surface area contributed by atoms with E-state index in [-0.39, 0.29) is 36.5 Å². The third kappa shape index (κ3) is 2.80. The number of fused-ring (bicyclic) bond motifs is 1. The summed E-state index contributed by atoms with van der Waals surface area (Å²) in [7, 11) is 0. The molecule has 2 atom stereocenters. The minimum absolute atomic E-state index is 0.00844. The van der Waals surface area contributed by atoms with Crippen molar-refractivity contribution in [2.24, 2.45) is 11.8 Å². The Morgan fingerprint density at radius 2 is 1.95 bits per heavy atom. The molecule has 21 heavy (non-hydrogen) atoms. The summed E-state index contributed by atoms with van der Waals surface area (Å²) in [5, 5.41) is 0. The molecular formula is C16H26N2O3. The number of morpholine rings is 1. The fourth-order valence-electron chi connectivity index (χ4n) is 4.02. The van der Waals surface area contributed by atoms with Crippen molar-refractivity contribution >= 4 is 11.8 Å². The Bertz CT molecular complexity index is 418. The molecule has 0 spiro atoms. The molecule has 3 fully saturated rings. The fraction of sp³-hybridized carbons (Fsp3) is 0.875. The van der Waals surface area contributed by atoms with E-state index in [1.807, 2.05) is 16.7 Å². The Balaban J connectivity index is 1.63. The Kier molecular flexibility index (Phi) is 4.20. The van der Waals surface area contributed by atoms with Gasteiger partial charge in [-0.2, -0.15) is 0 Å². The summed E-state index contributed by atoms with van der Waals surface area (Å²) in [5.41, 5.74) is 0. The number of hydrogen-bond donors (Lipinski definition) is 0. The van der Waals surface area contributed by atoms with Gasteiger partial charge in [-0.1, -0.05) is 6.92 Å². The molecular weight excluding hydrogens is 268 g/mol. The quantitative estimate of drug-likeness (QED) is 0.770. The number of likely N-dealkylation sites (tertiary alicyclic amines) is 1. The second kappa shape index (κ2) is 5.95. The van der Waals surface area contributed by atoms with Crippen molar-refractivity contribution in [3.63, 3.8) is 0 Å². The number of likely N-dealkylation sites (N-methyl/N-ethyl adjacent to an activating group) is 1. The Morgan fingerprint density at radius 1 is 1.24 bits per heavy atom. The standard InChI is InChI=1S/C16H26N2O3/c1-3-18-13-8-17(9-14(13)21-10-15(18)19)16(20)12-6-4-11(2)5-7-12/h11-14H,3-10H2,1-2H3/t11?,12?,13-,14-/m1/s1. The van der Waals surface area contributed by atoms with Crippen LogP contribution in [0.3, 0.4) is 0 Å². The van der Waals surface area contributed by atoms with Gasteiger partial charge in [0.05, 0.1) is 12.1 Å². The van der Waals surface area contributed by atoms with Crippen LogP contribution < -0.4 is 0 Å². The van der Waals surface area contributed by atoms with Gasteiger partial charge in [0.25, 0.3) is 0 Å². The van der Waals surface area contributed by atoms with Crippen LogP contribution in [0.5, 0.6) is 0 Å². The van der Waals surface area contributed by atoms with Crippen molar-refractivity contribution in [3.8, 4) is 0 Å². The number of carbonyl (C=O) groups is 2. The summed E-state index contributed by atoms with van der Waals surface area (Å²) in [5.74, 6) is 1.28. The van der Waals surface area contributed by atoms with E-state index in [9.17, 15) is 9.59 Å². The topological polar surface area (TPSA) is 49.9 Å². The molecule has 2 heterocycles. The maximum absolute atomic E-state index is 12.7. The molecule has 2 saturated heterocycles. The zero-order valence-electron chi connectivity index (χ0n) is 13.1. The summed E-state index contributed by atoms with van der Waals surface area (Å²) in [4.78, 5) is 28.4. The van der Waals surface area contributed by atoms with Crippen LogP contribution in [0.1, 0.15) is 39.5 Å². The molecule has 3 aliphatic rings. The summed E-state index contributed by atoms with van der Waals surface area (Å²) in [6, 6.07) is 0.0581. The van der Waals surface area contributed by atoms with Gasteiger partial charge in [-0.25, -0.2) is 0 Å². The number of amides is 2. The molecule has 2 aliphatic heterocycles. The van der Waals surface area contributed by atoms with Gasteiger partial charge >= 0.3 is 0 Å². The van der Waals surface area contributed by atoms with Crippen LogP contribution >= 0.6 is 0 Å². The maximum atomic E-state index is 12.7. The Morgan fingerprint density at radius 3 is 2.62 bits per heavy atom. The number of nitrogens with zero attached hydrogens (tertiary/aromatic N) is 2. The summed E-state index contributed by atoms with van der Waals surface area (Å²) in [6.07, 6.45) is 4.36. The van der Waals surface area contributed by atoms with Gasteiger partial charge < -0.3 is 14.5 Å². The van der Waals surface area contributed by atoms with E-state index in [2.05, 4.69) is 6.92 Å². The van der Waals surface area contributed by atoms with Crippen molar-refractivity contribution in [2.45, 2.75) is 51.7 Å². The third-order valence-electron chi connectivity index (χ3n) is 5.40. The SMILES string of the molecule is CCN1C(=O)CO[C@@H]2CN(C(=O)C3CCC(C)CC3)C[C@H]21. The fourth-order valence-corrected chi connectivity index (χ4v) is 4.02. The van der Waals surface area contributed by atoms with Crippen LogP contribution in [-0.2, 0) is 14.3 Å². The largest absolute Gasteiger partial charge is 0.364 e. The van der Waals surface area contributed by atoms with Gasteiger partial charge in [-0.3, -0.25) is 9.59 Å². The van der Waals surface area contributed by atoms with Crippen molar-refractivity contribution < 1.29 is 14.3 Å². The number of rotatable bonds is 2. The predicted octanol–water partition coefficient (Wildman–Crippen LogP) is 1.27. The zero-order valence-corrected chi connectivity index (χ0v) is 13.1. The molecule has 5 nitrogen and oxygen atoms in total. The average molecular weight is 294 g/mol. The highest BCUT2D eigenvalue weighted by Gasteiger charge is 2.45. The molecule has 118 valence electrons. The molecule has 1 saturated carbocycles. The van der Waals surface area contributed by atoms with E-state index >= 15 is 0 Å². The van der Waals surface area contributed by atoms with Crippen LogP contribution in [0.15, 0.2) is 0 Å². The molecule has 0 radical (unpaired) electrons. The first-order chi connectivity index (χ1) is 10.1. The molecule has 0 unspecified atom stereocenters. The van der Waals surface area contributed by atoms with E-state index in [0.29, 0.717) is 19.6 Å². The first-order valence-electron chi connectivity index (χ1n) is 8.30. The van der Waals surface area contributed by atoms with E-state index in [1.54, 1.807) is 0 Å². The molecule has 3 rings (SSSR count). The van der Waals surface area contributed by atoms with Gasteiger partial charge in [0.1, 0.15) is 6.61 Å². The zero-order chi connectivity index (χ0) is 15.0. The first-order valence-corrected chi connectivity index (χ1v) is 8.30. The Labute approximate surface area is 126 Å². The number of carbonyl (C=O) groups excluding carboxylic acids is 2.